The van der Waals surface area contributed by atoms with E-state index in [2.05, 4.69) is 31.3 Å². The van der Waals surface area contributed by atoms with E-state index < -0.39 is 0 Å². The highest BCUT2D eigenvalue weighted by Crippen LogP contribution is 2.11. The second kappa shape index (κ2) is 5.88. The van der Waals surface area contributed by atoms with Crippen LogP contribution in [0, 0.1) is 16.9 Å². The first-order chi connectivity index (χ1) is 7.27. The van der Waals surface area contributed by atoms with Crippen molar-refractivity contribution in [2.24, 2.45) is 5.11 Å². The molecule has 0 aliphatic heterocycles. The van der Waals surface area contributed by atoms with Crippen LogP contribution in [0.1, 0.15) is 5.56 Å². The van der Waals surface area contributed by atoms with Gasteiger partial charge in [-0.3, -0.25) is 0 Å². The van der Waals surface area contributed by atoms with Gasteiger partial charge in [-0.2, -0.15) is 5.26 Å². The molecule has 0 spiro atoms. The van der Waals surface area contributed by atoms with Crippen molar-refractivity contribution in [2.75, 3.05) is 0 Å². The Balaban J connectivity index is 2.59. The van der Waals surface area contributed by atoms with E-state index in [1.165, 1.54) is 6.20 Å². The third kappa shape index (κ3) is 3.48. The van der Waals surface area contributed by atoms with E-state index in [9.17, 15) is 0 Å². The van der Waals surface area contributed by atoms with Crippen molar-refractivity contribution >= 4 is 15.9 Å². The standard InChI is InChI=1S/C9H8BrN5/c10-9-7(2-1-3-14-9)5-13-6-8(4-11)15-12/h1-3,6,12-13H,5H2/b8-6-,15-12?. The van der Waals surface area contributed by atoms with Crippen LogP contribution in [0.15, 0.2) is 39.9 Å². The van der Waals surface area contributed by atoms with Gasteiger partial charge in [0.2, 0.25) is 0 Å². The first-order valence-corrected chi connectivity index (χ1v) is 4.87. The third-order valence-corrected chi connectivity index (χ3v) is 2.32. The van der Waals surface area contributed by atoms with Gasteiger partial charge in [-0.15, -0.1) is 5.11 Å². The molecular weight excluding hydrogens is 258 g/mol. The molecule has 1 heterocycles. The molecule has 0 amide bonds. The molecule has 5 nitrogen and oxygen atoms in total. The molecule has 0 atom stereocenters. The fraction of sp³-hybridized carbons (Fsp3) is 0.111. The van der Waals surface area contributed by atoms with E-state index in [4.69, 9.17) is 10.8 Å². The minimum absolute atomic E-state index is 0.0370. The number of pyridine rings is 1. The zero-order valence-corrected chi connectivity index (χ0v) is 9.32. The summed E-state index contributed by atoms with van der Waals surface area (Å²) in [7, 11) is 0. The quantitative estimate of drug-likeness (QED) is 0.498. The van der Waals surface area contributed by atoms with Gasteiger partial charge in [-0.25, -0.2) is 10.5 Å². The van der Waals surface area contributed by atoms with E-state index in [0.29, 0.717) is 6.54 Å². The normalized spacial score (nSPS) is 10.5. The molecule has 76 valence electrons. The number of hydrogen-bond acceptors (Lipinski definition) is 5. The number of rotatable bonds is 4. The zero-order chi connectivity index (χ0) is 11.1. The lowest BCUT2D eigenvalue weighted by Crippen LogP contribution is -2.06. The molecule has 1 aromatic rings. The fourth-order valence-electron chi connectivity index (χ4n) is 0.898. The summed E-state index contributed by atoms with van der Waals surface area (Å²) in [5.41, 5.74) is 7.66. The van der Waals surface area contributed by atoms with Crippen molar-refractivity contribution in [2.45, 2.75) is 6.54 Å². The Morgan fingerprint density at radius 1 is 1.80 bits per heavy atom. The number of hydrogen-bond donors (Lipinski definition) is 2. The van der Waals surface area contributed by atoms with E-state index >= 15 is 0 Å². The maximum atomic E-state index is 8.48. The second-order valence-electron chi connectivity index (χ2n) is 2.59. The maximum Gasteiger partial charge on any atom is 0.177 e. The molecular formula is C9H8BrN5. The highest BCUT2D eigenvalue weighted by molar-refractivity contribution is 9.10. The molecule has 0 aliphatic rings. The minimum atomic E-state index is 0.0370. The monoisotopic (exact) mass is 265 g/mol. The molecule has 0 bridgehead atoms. The number of nitriles is 1. The zero-order valence-electron chi connectivity index (χ0n) is 7.74. The van der Waals surface area contributed by atoms with Crippen molar-refractivity contribution in [3.05, 3.63) is 40.4 Å². The largest absolute Gasteiger partial charge is 0.384 e. The number of allylic oxidation sites excluding steroid dienone is 1. The average Bonchev–Trinajstić information content (AvgIpc) is 2.27. The lowest BCUT2D eigenvalue weighted by molar-refractivity contribution is 0.845. The molecule has 0 aromatic carbocycles. The molecule has 0 fully saturated rings. The molecule has 0 unspecified atom stereocenters. The molecule has 1 rings (SSSR count). The Bertz CT molecular complexity index is 421. The highest BCUT2D eigenvalue weighted by atomic mass is 79.9. The Labute approximate surface area is 95.5 Å². The predicted molar refractivity (Wildman–Crippen MR) is 57.6 cm³/mol. The Morgan fingerprint density at radius 3 is 3.20 bits per heavy atom. The number of nitrogens with zero attached hydrogens (tertiary/aromatic N) is 3. The van der Waals surface area contributed by atoms with Gasteiger partial charge in [0.15, 0.2) is 5.70 Å². The molecule has 15 heavy (non-hydrogen) atoms. The topological polar surface area (TPSA) is 84.9 Å². The highest BCUT2D eigenvalue weighted by Gasteiger charge is 1.97. The summed E-state index contributed by atoms with van der Waals surface area (Å²) in [6.07, 6.45) is 3.08. The Morgan fingerprint density at radius 2 is 2.60 bits per heavy atom. The third-order valence-electron chi connectivity index (χ3n) is 1.60. The fourth-order valence-corrected chi connectivity index (χ4v) is 1.29. The lowest BCUT2D eigenvalue weighted by atomic mass is 10.3. The van der Waals surface area contributed by atoms with Gasteiger partial charge in [0.05, 0.1) is 0 Å². The Hall–Kier alpha value is -1.74. The van der Waals surface area contributed by atoms with Crippen LogP contribution < -0.4 is 5.32 Å². The van der Waals surface area contributed by atoms with Crippen LogP contribution in [-0.2, 0) is 6.54 Å². The predicted octanol–water partition coefficient (Wildman–Crippen LogP) is 2.33. The van der Waals surface area contributed by atoms with Crippen LogP contribution in [0.25, 0.3) is 0 Å². The van der Waals surface area contributed by atoms with Crippen LogP contribution >= 0.6 is 15.9 Å². The molecule has 0 saturated carbocycles. The summed E-state index contributed by atoms with van der Waals surface area (Å²) in [6, 6.07) is 5.50. The minimum Gasteiger partial charge on any atom is -0.384 e. The number of nitrogens with one attached hydrogen (secondary N) is 2. The maximum absolute atomic E-state index is 8.48. The van der Waals surface area contributed by atoms with Gasteiger partial charge in [0.1, 0.15) is 10.7 Å². The summed E-state index contributed by atoms with van der Waals surface area (Å²) in [4.78, 5) is 4.05. The van der Waals surface area contributed by atoms with Crippen molar-refractivity contribution in [1.82, 2.24) is 10.3 Å². The SMILES string of the molecule is N#C/C(=C/NCc1cccnc1Br)N=N. The van der Waals surface area contributed by atoms with Gasteiger partial charge in [0.25, 0.3) is 0 Å². The van der Waals surface area contributed by atoms with Gasteiger partial charge in [0, 0.05) is 24.5 Å². The summed E-state index contributed by atoms with van der Waals surface area (Å²) < 4.78 is 0.757. The molecule has 0 radical (unpaired) electrons. The summed E-state index contributed by atoms with van der Waals surface area (Å²) in [5, 5.41) is 14.4. The molecule has 1 aromatic heterocycles. The van der Waals surface area contributed by atoms with E-state index in [0.717, 1.165) is 10.2 Å². The van der Waals surface area contributed by atoms with E-state index in [1.54, 1.807) is 12.3 Å². The van der Waals surface area contributed by atoms with Crippen LogP contribution in [0.5, 0.6) is 0 Å². The summed E-state index contributed by atoms with van der Waals surface area (Å²) in [6.45, 7) is 0.523. The first-order valence-electron chi connectivity index (χ1n) is 4.08. The smallest absolute Gasteiger partial charge is 0.177 e. The first kappa shape index (κ1) is 11.3. The van der Waals surface area contributed by atoms with Gasteiger partial charge >= 0.3 is 0 Å². The van der Waals surface area contributed by atoms with Crippen LogP contribution in [0.2, 0.25) is 0 Å². The molecule has 0 saturated heterocycles. The van der Waals surface area contributed by atoms with Crippen molar-refractivity contribution in [1.29, 1.82) is 10.8 Å². The molecule has 0 aliphatic carbocycles. The number of halogens is 1. The van der Waals surface area contributed by atoms with Gasteiger partial charge < -0.3 is 5.32 Å². The van der Waals surface area contributed by atoms with E-state index in [1.807, 2.05) is 12.1 Å². The average molecular weight is 266 g/mol. The van der Waals surface area contributed by atoms with Crippen molar-refractivity contribution in [3.8, 4) is 6.07 Å². The van der Waals surface area contributed by atoms with Gasteiger partial charge in [-0.1, -0.05) is 6.07 Å². The van der Waals surface area contributed by atoms with E-state index in [-0.39, 0.29) is 5.70 Å². The van der Waals surface area contributed by atoms with Crippen LogP contribution in [0.4, 0.5) is 0 Å². The molecule has 6 heteroatoms. The van der Waals surface area contributed by atoms with Gasteiger partial charge in [-0.05, 0) is 22.0 Å². The van der Waals surface area contributed by atoms with Crippen molar-refractivity contribution < 1.29 is 0 Å². The second-order valence-corrected chi connectivity index (χ2v) is 3.34. The van der Waals surface area contributed by atoms with Crippen LogP contribution in [-0.4, -0.2) is 4.98 Å². The Kier molecular flexibility index (Phi) is 4.44. The van der Waals surface area contributed by atoms with Crippen molar-refractivity contribution in [3.63, 3.8) is 0 Å². The number of aromatic nitrogens is 1. The summed E-state index contributed by atoms with van der Waals surface area (Å²) in [5.74, 6) is 0. The lowest BCUT2D eigenvalue weighted by Gasteiger charge is -2.02. The van der Waals surface area contributed by atoms with Crippen LogP contribution in [0.3, 0.4) is 0 Å². The summed E-state index contributed by atoms with van der Waals surface area (Å²) >= 11 is 3.30. The molecule has 2 N–H and O–H groups in total.